The summed E-state index contributed by atoms with van der Waals surface area (Å²) < 4.78 is 10.3. The van der Waals surface area contributed by atoms with E-state index in [1.54, 1.807) is 60.7 Å². The number of carbonyl (C=O) groups is 4. The molecule has 4 rings (SSSR count). The van der Waals surface area contributed by atoms with E-state index in [9.17, 15) is 19.2 Å². The Balaban J connectivity index is 1.51. The fourth-order valence-corrected chi connectivity index (χ4v) is 3.36. The number of hydrogen-bond acceptors (Lipinski definition) is 6. The Labute approximate surface area is 195 Å². The molecule has 8 heteroatoms. The molecule has 0 unspecified atom stereocenters. The van der Waals surface area contributed by atoms with Gasteiger partial charge < -0.3 is 14.8 Å². The molecule has 1 aliphatic heterocycles. The number of esters is 1. The molecule has 0 aliphatic carbocycles. The lowest BCUT2D eigenvalue weighted by Gasteiger charge is -2.15. The summed E-state index contributed by atoms with van der Waals surface area (Å²) in [6, 6.07) is 21.6. The minimum absolute atomic E-state index is 0.149. The van der Waals surface area contributed by atoms with Crippen LogP contribution < -0.4 is 10.1 Å². The summed E-state index contributed by atoms with van der Waals surface area (Å²) in [7, 11) is 1.51. The van der Waals surface area contributed by atoms with E-state index in [2.05, 4.69) is 5.32 Å². The van der Waals surface area contributed by atoms with Crippen molar-refractivity contribution in [1.29, 1.82) is 0 Å². The monoisotopic (exact) mass is 456 g/mol. The number of hydrogen-bond donors (Lipinski definition) is 1. The summed E-state index contributed by atoms with van der Waals surface area (Å²) in [6.45, 7) is -0.588. The predicted octanol–water partition coefficient (Wildman–Crippen LogP) is 3.26. The van der Waals surface area contributed by atoms with Crippen LogP contribution in [0.4, 0.5) is 0 Å². The highest BCUT2D eigenvalue weighted by Gasteiger charge is 2.36. The fourth-order valence-electron chi connectivity index (χ4n) is 3.36. The standard InChI is InChI=1S/C26H20N2O6/c1-33-19-13-11-18(12-14-19)23(29)27-22(15-17-7-3-2-4-8-17)26(32)34-16-28-24(30)20-9-5-6-10-21(20)25(28)31/h2-15H,16H2,1H3,(H,27,29)/b22-15-. The summed E-state index contributed by atoms with van der Waals surface area (Å²) in [5, 5.41) is 2.55. The maximum Gasteiger partial charge on any atom is 0.356 e. The second-order valence-corrected chi connectivity index (χ2v) is 7.30. The van der Waals surface area contributed by atoms with Crippen LogP contribution in [0, 0.1) is 0 Å². The molecular formula is C26H20N2O6. The molecule has 0 saturated heterocycles. The van der Waals surface area contributed by atoms with E-state index < -0.39 is 30.4 Å². The molecule has 1 heterocycles. The first-order chi connectivity index (χ1) is 16.5. The molecule has 0 radical (unpaired) electrons. The number of carbonyl (C=O) groups excluding carboxylic acids is 4. The SMILES string of the molecule is COc1ccc(C(=O)N/C(=C\c2ccccc2)C(=O)OCN2C(=O)c3ccccc3C2=O)cc1. The van der Waals surface area contributed by atoms with Crippen molar-refractivity contribution in [2.75, 3.05) is 13.8 Å². The second kappa shape index (κ2) is 9.83. The van der Waals surface area contributed by atoms with Gasteiger partial charge in [-0.1, -0.05) is 42.5 Å². The minimum Gasteiger partial charge on any atom is -0.497 e. The number of fused-ring (bicyclic) bond motifs is 1. The van der Waals surface area contributed by atoms with E-state index in [-0.39, 0.29) is 16.8 Å². The van der Waals surface area contributed by atoms with Gasteiger partial charge in [0.15, 0.2) is 6.73 Å². The molecule has 0 spiro atoms. The molecule has 1 N–H and O–H groups in total. The maximum absolute atomic E-state index is 12.9. The molecule has 3 amide bonds. The van der Waals surface area contributed by atoms with Crippen LogP contribution in [-0.4, -0.2) is 42.4 Å². The lowest BCUT2D eigenvalue weighted by Crippen LogP contribution is -2.35. The highest BCUT2D eigenvalue weighted by molar-refractivity contribution is 6.21. The van der Waals surface area contributed by atoms with Crippen molar-refractivity contribution in [3.8, 4) is 5.75 Å². The number of rotatable bonds is 7. The normalized spacial score (nSPS) is 12.9. The summed E-state index contributed by atoms with van der Waals surface area (Å²) in [6.07, 6.45) is 1.45. The first kappa shape index (κ1) is 22.5. The zero-order valence-electron chi connectivity index (χ0n) is 18.2. The molecule has 1 aliphatic rings. The zero-order chi connectivity index (χ0) is 24.1. The van der Waals surface area contributed by atoms with Crippen molar-refractivity contribution in [3.63, 3.8) is 0 Å². The summed E-state index contributed by atoms with van der Waals surface area (Å²) in [5.74, 6) is -1.96. The van der Waals surface area contributed by atoms with Gasteiger partial charge in [-0.2, -0.15) is 0 Å². The van der Waals surface area contributed by atoms with Crippen LogP contribution in [0.2, 0.25) is 0 Å². The maximum atomic E-state index is 12.9. The number of nitrogens with zero attached hydrogens (tertiary/aromatic N) is 1. The average molecular weight is 456 g/mol. The highest BCUT2D eigenvalue weighted by Crippen LogP contribution is 2.22. The number of amides is 3. The van der Waals surface area contributed by atoms with Crippen molar-refractivity contribution in [1.82, 2.24) is 10.2 Å². The molecule has 34 heavy (non-hydrogen) atoms. The Kier molecular flexibility index (Phi) is 6.49. The third-order valence-electron chi connectivity index (χ3n) is 5.13. The van der Waals surface area contributed by atoms with Crippen molar-refractivity contribution >= 4 is 29.8 Å². The van der Waals surface area contributed by atoms with Crippen LogP contribution >= 0.6 is 0 Å². The van der Waals surface area contributed by atoms with Crippen LogP contribution in [0.15, 0.2) is 84.6 Å². The summed E-state index contributed by atoms with van der Waals surface area (Å²) >= 11 is 0. The number of benzene rings is 3. The van der Waals surface area contributed by atoms with Crippen LogP contribution in [0.5, 0.6) is 5.75 Å². The third kappa shape index (κ3) is 4.71. The van der Waals surface area contributed by atoms with Crippen LogP contribution in [0.3, 0.4) is 0 Å². The van der Waals surface area contributed by atoms with Crippen LogP contribution in [0.25, 0.3) is 6.08 Å². The summed E-state index contributed by atoms with van der Waals surface area (Å²) in [5.41, 5.74) is 1.29. The topological polar surface area (TPSA) is 102 Å². The molecule has 3 aromatic carbocycles. The van der Waals surface area contributed by atoms with Crippen molar-refractivity contribution in [2.45, 2.75) is 0 Å². The van der Waals surface area contributed by atoms with E-state index in [0.717, 1.165) is 4.90 Å². The lowest BCUT2D eigenvalue weighted by molar-refractivity contribution is -0.141. The summed E-state index contributed by atoms with van der Waals surface area (Å²) in [4.78, 5) is 51.5. The van der Waals surface area contributed by atoms with Gasteiger partial charge in [0.2, 0.25) is 0 Å². The minimum atomic E-state index is -0.901. The molecule has 0 atom stereocenters. The molecule has 0 bridgehead atoms. The highest BCUT2D eigenvalue weighted by atomic mass is 16.5. The van der Waals surface area contributed by atoms with Gasteiger partial charge in [-0.25, -0.2) is 9.69 Å². The molecule has 0 aromatic heterocycles. The number of imide groups is 1. The van der Waals surface area contributed by atoms with E-state index in [0.29, 0.717) is 16.9 Å². The van der Waals surface area contributed by atoms with Crippen molar-refractivity contribution < 1.29 is 28.7 Å². The average Bonchev–Trinajstić information content (AvgIpc) is 3.12. The number of ether oxygens (including phenoxy) is 2. The molecule has 170 valence electrons. The van der Waals surface area contributed by atoms with Gasteiger partial charge in [-0.05, 0) is 48.0 Å². The number of methoxy groups -OCH3 is 1. The smallest absolute Gasteiger partial charge is 0.356 e. The molecule has 3 aromatic rings. The lowest BCUT2D eigenvalue weighted by atomic mass is 10.1. The van der Waals surface area contributed by atoms with E-state index in [4.69, 9.17) is 9.47 Å². The largest absolute Gasteiger partial charge is 0.497 e. The molecule has 0 saturated carbocycles. The first-order valence-electron chi connectivity index (χ1n) is 10.3. The van der Waals surface area contributed by atoms with Gasteiger partial charge in [-0.3, -0.25) is 14.4 Å². The van der Waals surface area contributed by atoms with Gasteiger partial charge in [0.05, 0.1) is 18.2 Å². The predicted molar refractivity (Wildman–Crippen MR) is 123 cm³/mol. The first-order valence-corrected chi connectivity index (χ1v) is 10.3. The Morgan fingerprint density at radius 3 is 2.03 bits per heavy atom. The Hall–Kier alpha value is -4.72. The van der Waals surface area contributed by atoms with Gasteiger partial charge in [0.1, 0.15) is 11.4 Å². The fraction of sp³-hybridized carbons (Fsp3) is 0.0769. The van der Waals surface area contributed by atoms with Crippen molar-refractivity contribution in [3.05, 3.63) is 107 Å². The third-order valence-corrected chi connectivity index (χ3v) is 5.13. The Bertz CT molecular complexity index is 1250. The molecular weight excluding hydrogens is 436 g/mol. The van der Waals surface area contributed by atoms with Gasteiger partial charge in [-0.15, -0.1) is 0 Å². The molecule has 8 nitrogen and oxygen atoms in total. The second-order valence-electron chi connectivity index (χ2n) is 7.30. The van der Waals surface area contributed by atoms with Gasteiger partial charge >= 0.3 is 5.97 Å². The van der Waals surface area contributed by atoms with E-state index in [1.807, 2.05) is 6.07 Å². The van der Waals surface area contributed by atoms with E-state index in [1.165, 1.54) is 25.3 Å². The van der Waals surface area contributed by atoms with E-state index >= 15 is 0 Å². The molecule has 0 fully saturated rings. The zero-order valence-corrected chi connectivity index (χ0v) is 18.2. The van der Waals surface area contributed by atoms with Crippen LogP contribution in [0.1, 0.15) is 36.6 Å². The van der Waals surface area contributed by atoms with Gasteiger partial charge in [0, 0.05) is 5.56 Å². The van der Waals surface area contributed by atoms with Gasteiger partial charge in [0.25, 0.3) is 17.7 Å². The van der Waals surface area contributed by atoms with Crippen LogP contribution in [-0.2, 0) is 9.53 Å². The number of nitrogens with one attached hydrogen (secondary N) is 1. The van der Waals surface area contributed by atoms with Crippen molar-refractivity contribution in [2.24, 2.45) is 0 Å². The quantitative estimate of drug-likeness (QED) is 0.333. The Morgan fingerprint density at radius 2 is 1.44 bits per heavy atom. The Morgan fingerprint density at radius 1 is 0.853 bits per heavy atom.